The first-order valence-corrected chi connectivity index (χ1v) is 2.74. The Hall–Kier alpha value is 0.190. The first-order chi connectivity index (χ1) is 4.54. The number of aliphatic carboxylic acids is 2. The topological polar surface area (TPSA) is 101 Å². The number of carboxylic acids is 2. The molecular formula is C5H9ClNNaO4. The molecule has 0 aromatic heterocycles. The van der Waals surface area contributed by atoms with E-state index in [0.717, 1.165) is 0 Å². The molecule has 0 spiro atoms. The van der Waals surface area contributed by atoms with E-state index in [1.54, 1.807) is 0 Å². The first-order valence-electron chi connectivity index (χ1n) is 2.74. The van der Waals surface area contributed by atoms with Gasteiger partial charge in [-0.2, -0.15) is 0 Å². The van der Waals surface area contributed by atoms with Gasteiger partial charge >= 0.3 is 41.5 Å². The molecule has 0 radical (unpaired) electrons. The smallest absolute Gasteiger partial charge is 1.00 e. The van der Waals surface area contributed by atoms with Gasteiger partial charge in [-0.1, -0.05) is 0 Å². The Labute approximate surface area is 98.0 Å². The van der Waals surface area contributed by atoms with Crippen molar-refractivity contribution in [1.82, 2.24) is 0 Å². The number of carbonyl (C=O) groups is 2. The molecule has 0 heterocycles. The van der Waals surface area contributed by atoms with E-state index in [9.17, 15) is 9.59 Å². The molecule has 0 amide bonds. The van der Waals surface area contributed by atoms with Crippen LogP contribution in [0.25, 0.3) is 0 Å². The molecule has 0 aromatic carbocycles. The standard InChI is InChI=1S/C5H9NO4.ClH.Na/c6-3(5(9)10)1-2-4(7)8;;/h3H,1-2,6H2,(H,7,8)(H,9,10);1H;/q;;+1/p-1. The second-order valence-electron chi connectivity index (χ2n) is 1.88. The first kappa shape index (κ1) is 18.1. The van der Waals surface area contributed by atoms with Crippen LogP contribution in [0.4, 0.5) is 0 Å². The van der Waals surface area contributed by atoms with Crippen LogP contribution in [0.2, 0.25) is 0 Å². The van der Waals surface area contributed by atoms with Gasteiger partial charge in [-0.3, -0.25) is 9.59 Å². The summed E-state index contributed by atoms with van der Waals surface area (Å²) in [6, 6.07) is -1.06. The van der Waals surface area contributed by atoms with E-state index in [0.29, 0.717) is 0 Å². The summed E-state index contributed by atoms with van der Waals surface area (Å²) in [6.07, 6.45) is -0.224. The minimum absolute atomic E-state index is 0. The minimum Gasteiger partial charge on any atom is -1.00 e. The number of halogens is 1. The van der Waals surface area contributed by atoms with Crippen LogP contribution in [0.3, 0.4) is 0 Å². The maximum Gasteiger partial charge on any atom is 1.00 e. The van der Waals surface area contributed by atoms with Crippen molar-refractivity contribution in [2.75, 3.05) is 0 Å². The van der Waals surface area contributed by atoms with Crippen LogP contribution in [0.5, 0.6) is 0 Å². The molecule has 12 heavy (non-hydrogen) atoms. The third-order valence-corrected chi connectivity index (χ3v) is 0.986. The molecule has 0 aliphatic heterocycles. The van der Waals surface area contributed by atoms with E-state index in [2.05, 4.69) is 0 Å². The molecule has 0 aliphatic rings. The minimum atomic E-state index is -1.17. The van der Waals surface area contributed by atoms with Crippen molar-refractivity contribution in [1.29, 1.82) is 0 Å². The summed E-state index contributed by atoms with van der Waals surface area (Å²) in [7, 11) is 0. The molecule has 0 aromatic rings. The van der Waals surface area contributed by atoms with Crippen molar-refractivity contribution in [3.8, 4) is 0 Å². The number of carboxylic acid groups (broad SMARTS) is 2. The number of nitrogens with two attached hydrogens (primary N) is 1. The molecule has 1 unspecified atom stereocenters. The summed E-state index contributed by atoms with van der Waals surface area (Å²) in [5, 5.41) is 16.3. The van der Waals surface area contributed by atoms with E-state index in [-0.39, 0.29) is 54.8 Å². The van der Waals surface area contributed by atoms with E-state index in [1.807, 2.05) is 0 Å². The molecule has 0 aliphatic carbocycles. The van der Waals surface area contributed by atoms with Crippen molar-refractivity contribution in [3.05, 3.63) is 0 Å². The average Bonchev–Trinajstić information content (AvgIpc) is 1.82. The monoisotopic (exact) mass is 205 g/mol. The fourth-order valence-corrected chi connectivity index (χ4v) is 0.402. The van der Waals surface area contributed by atoms with E-state index < -0.39 is 18.0 Å². The Morgan fingerprint density at radius 2 is 1.75 bits per heavy atom. The van der Waals surface area contributed by atoms with Crippen LogP contribution in [-0.4, -0.2) is 28.2 Å². The van der Waals surface area contributed by atoms with Crippen LogP contribution < -0.4 is 47.7 Å². The fourth-order valence-electron chi connectivity index (χ4n) is 0.402. The molecule has 0 saturated carbocycles. The maximum absolute atomic E-state index is 9.99. The zero-order valence-corrected chi connectivity index (χ0v) is 9.41. The zero-order chi connectivity index (χ0) is 8.15. The Bertz CT molecular complexity index is 154. The van der Waals surface area contributed by atoms with Crippen LogP contribution >= 0.6 is 0 Å². The summed E-state index contributed by atoms with van der Waals surface area (Å²) in [4.78, 5) is 19.9. The maximum atomic E-state index is 9.99. The van der Waals surface area contributed by atoms with Crippen LogP contribution in [0.15, 0.2) is 0 Å². The van der Waals surface area contributed by atoms with Gasteiger partial charge in [0.05, 0.1) is 0 Å². The van der Waals surface area contributed by atoms with Gasteiger partial charge in [-0.25, -0.2) is 0 Å². The summed E-state index contributed by atoms with van der Waals surface area (Å²) in [6.45, 7) is 0. The molecule has 4 N–H and O–H groups in total. The van der Waals surface area contributed by atoms with Gasteiger partial charge in [-0.15, -0.1) is 0 Å². The van der Waals surface area contributed by atoms with E-state index in [1.165, 1.54) is 0 Å². The van der Waals surface area contributed by atoms with Gasteiger partial charge in [-0.05, 0) is 6.42 Å². The van der Waals surface area contributed by atoms with Crippen molar-refractivity contribution < 1.29 is 61.8 Å². The predicted molar refractivity (Wildman–Crippen MR) is 32.5 cm³/mol. The SMILES string of the molecule is NC(CCC(=O)O)C(=O)O.[Cl-].[Na+]. The van der Waals surface area contributed by atoms with E-state index >= 15 is 0 Å². The van der Waals surface area contributed by atoms with Crippen LogP contribution in [-0.2, 0) is 9.59 Å². The summed E-state index contributed by atoms with van der Waals surface area (Å²) in [5.74, 6) is -2.20. The second kappa shape index (κ2) is 9.28. The average molecular weight is 206 g/mol. The molecule has 0 rings (SSSR count). The molecule has 0 saturated heterocycles. The van der Waals surface area contributed by atoms with Crippen LogP contribution in [0.1, 0.15) is 12.8 Å². The number of hydrogen-bond acceptors (Lipinski definition) is 3. The van der Waals surface area contributed by atoms with Gasteiger partial charge in [0.15, 0.2) is 0 Å². The molecule has 7 heteroatoms. The van der Waals surface area contributed by atoms with Gasteiger partial charge < -0.3 is 28.4 Å². The summed E-state index contributed by atoms with van der Waals surface area (Å²) < 4.78 is 0. The Balaban J connectivity index is -0.000000405. The van der Waals surface area contributed by atoms with Crippen molar-refractivity contribution >= 4 is 11.9 Å². The summed E-state index contributed by atoms with van der Waals surface area (Å²) in [5.41, 5.74) is 5.00. The van der Waals surface area contributed by atoms with Crippen molar-refractivity contribution in [2.24, 2.45) is 5.73 Å². The van der Waals surface area contributed by atoms with Crippen molar-refractivity contribution in [2.45, 2.75) is 18.9 Å². The van der Waals surface area contributed by atoms with Gasteiger partial charge in [0.2, 0.25) is 0 Å². The zero-order valence-electron chi connectivity index (χ0n) is 6.66. The molecule has 66 valence electrons. The van der Waals surface area contributed by atoms with Gasteiger partial charge in [0.1, 0.15) is 6.04 Å². The van der Waals surface area contributed by atoms with Crippen LogP contribution in [0, 0.1) is 0 Å². The number of hydrogen-bond donors (Lipinski definition) is 3. The molecular weight excluding hydrogens is 197 g/mol. The molecule has 0 bridgehead atoms. The third kappa shape index (κ3) is 10.2. The summed E-state index contributed by atoms with van der Waals surface area (Å²) >= 11 is 0. The quantitative estimate of drug-likeness (QED) is 0.396. The van der Waals surface area contributed by atoms with Gasteiger partial charge in [0, 0.05) is 6.42 Å². The van der Waals surface area contributed by atoms with E-state index in [4.69, 9.17) is 15.9 Å². The molecule has 1 atom stereocenters. The fraction of sp³-hybridized carbons (Fsp3) is 0.600. The molecule has 0 fully saturated rings. The normalized spacial score (nSPS) is 10.4. The second-order valence-corrected chi connectivity index (χ2v) is 1.88. The van der Waals surface area contributed by atoms with Crippen molar-refractivity contribution in [3.63, 3.8) is 0 Å². The third-order valence-electron chi connectivity index (χ3n) is 0.986. The Kier molecular flexibility index (Phi) is 14.0. The molecule has 5 nitrogen and oxygen atoms in total. The largest absolute Gasteiger partial charge is 1.00 e. The predicted octanol–water partition coefficient (Wildman–Crippen LogP) is -6.73. The van der Waals surface area contributed by atoms with Gasteiger partial charge in [0.25, 0.3) is 0 Å². The Morgan fingerprint density at radius 1 is 1.33 bits per heavy atom. The number of rotatable bonds is 4. The Morgan fingerprint density at radius 3 is 2.00 bits per heavy atom.